The van der Waals surface area contributed by atoms with Crippen molar-refractivity contribution in [3.05, 3.63) is 39.8 Å². The fourth-order valence-electron chi connectivity index (χ4n) is 2.29. The molecule has 0 aliphatic heterocycles. The molecule has 0 unspecified atom stereocenters. The zero-order chi connectivity index (χ0) is 16.8. The van der Waals surface area contributed by atoms with Gasteiger partial charge in [0.1, 0.15) is 4.88 Å². The molecule has 1 aromatic carbocycles. The summed E-state index contributed by atoms with van der Waals surface area (Å²) in [6, 6.07) is 7.91. The maximum Gasteiger partial charge on any atom is 0.267 e. The number of rotatable bonds is 7. The number of thiazole rings is 1. The molecule has 0 spiro atoms. The minimum atomic E-state index is -0.0703. The maximum absolute atomic E-state index is 12.5. The normalized spacial score (nSPS) is 10.6. The number of nitrogens with one attached hydrogen (secondary N) is 1. The molecule has 4 nitrogen and oxygen atoms in total. The SMILES string of the molecule is CCCCc1nc(C)c(C(=O)Nc2cccc(N(C)CC)c2)s1. The Morgan fingerprint density at radius 2 is 2.13 bits per heavy atom. The Balaban J connectivity index is 2.11. The average molecular weight is 331 g/mol. The molecule has 0 aliphatic carbocycles. The highest BCUT2D eigenvalue weighted by Crippen LogP contribution is 2.23. The first-order chi connectivity index (χ1) is 11.0. The van der Waals surface area contributed by atoms with Crippen molar-refractivity contribution in [2.45, 2.75) is 40.0 Å². The van der Waals surface area contributed by atoms with Crippen molar-refractivity contribution in [1.29, 1.82) is 0 Å². The second-order valence-corrected chi connectivity index (χ2v) is 6.73. The van der Waals surface area contributed by atoms with Crippen LogP contribution in [0.4, 0.5) is 11.4 Å². The predicted octanol–water partition coefficient (Wildman–Crippen LogP) is 4.50. The van der Waals surface area contributed by atoms with Gasteiger partial charge in [0.25, 0.3) is 5.91 Å². The molecule has 0 saturated carbocycles. The second kappa shape index (κ2) is 8.11. The second-order valence-electron chi connectivity index (χ2n) is 5.64. The van der Waals surface area contributed by atoms with Crippen LogP contribution in [0.2, 0.25) is 0 Å². The lowest BCUT2D eigenvalue weighted by Crippen LogP contribution is -2.16. The largest absolute Gasteiger partial charge is 0.375 e. The molecule has 2 aromatic rings. The molecule has 23 heavy (non-hydrogen) atoms. The third-order valence-electron chi connectivity index (χ3n) is 3.81. The molecule has 1 amide bonds. The van der Waals surface area contributed by atoms with Gasteiger partial charge in [-0.25, -0.2) is 4.98 Å². The maximum atomic E-state index is 12.5. The van der Waals surface area contributed by atoms with Gasteiger partial charge in [-0.05, 0) is 44.9 Å². The van der Waals surface area contributed by atoms with Gasteiger partial charge in [-0.15, -0.1) is 11.3 Å². The number of carbonyl (C=O) groups is 1. The zero-order valence-electron chi connectivity index (χ0n) is 14.3. The molecule has 0 radical (unpaired) electrons. The monoisotopic (exact) mass is 331 g/mol. The molecule has 0 aliphatic rings. The molecular weight excluding hydrogens is 306 g/mol. The van der Waals surface area contributed by atoms with Crippen LogP contribution in [0.25, 0.3) is 0 Å². The Kier molecular flexibility index (Phi) is 6.16. The van der Waals surface area contributed by atoms with Crippen molar-refractivity contribution in [3.63, 3.8) is 0 Å². The van der Waals surface area contributed by atoms with E-state index in [1.54, 1.807) is 0 Å². The minimum absolute atomic E-state index is 0.0703. The van der Waals surface area contributed by atoms with Gasteiger partial charge in [-0.2, -0.15) is 0 Å². The summed E-state index contributed by atoms with van der Waals surface area (Å²) in [4.78, 5) is 19.9. The lowest BCUT2D eigenvalue weighted by Gasteiger charge is -2.17. The van der Waals surface area contributed by atoms with Crippen LogP contribution < -0.4 is 10.2 Å². The van der Waals surface area contributed by atoms with Gasteiger partial charge >= 0.3 is 0 Å². The summed E-state index contributed by atoms with van der Waals surface area (Å²) in [6.45, 7) is 7.09. The van der Waals surface area contributed by atoms with Gasteiger partial charge < -0.3 is 10.2 Å². The molecular formula is C18H25N3OS. The molecule has 0 fully saturated rings. The summed E-state index contributed by atoms with van der Waals surface area (Å²) in [6.07, 6.45) is 3.20. The van der Waals surface area contributed by atoms with Gasteiger partial charge in [-0.1, -0.05) is 19.4 Å². The van der Waals surface area contributed by atoms with Crippen LogP contribution in [0.3, 0.4) is 0 Å². The number of carbonyl (C=O) groups excluding carboxylic acids is 1. The summed E-state index contributed by atoms with van der Waals surface area (Å²) in [7, 11) is 2.04. The summed E-state index contributed by atoms with van der Waals surface area (Å²) in [5.74, 6) is -0.0703. The lowest BCUT2D eigenvalue weighted by atomic mass is 10.2. The number of amides is 1. The molecule has 1 aromatic heterocycles. The van der Waals surface area contributed by atoms with Crippen molar-refractivity contribution in [1.82, 2.24) is 4.98 Å². The Morgan fingerprint density at radius 1 is 1.35 bits per heavy atom. The topological polar surface area (TPSA) is 45.2 Å². The third kappa shape index (κ3) is 4.55. The summed E-state index contributed by atoms with van der Waals surface area (Å²) < 4.78 is 0. The number of hydrogen-bond donors (Lipinski definition) is 1. The highest BCUT2D eigenvalue weighted by Gasteiger charge is 2.15. The summed E-state index contributed by atoms with van der Waals surface area (Å²) >= 11 is 1.51. The number of unbranched alkanes of at least 4 members (excludes halogenated alkanes) is 1. The molecule has 0 saturated heterocycles. The van der Waals surface area contributed by atoms with E-state index in [4.69, 9.17) is 0 Å². The van der Waals surface area contributed by atoms with Crippen LogP contribution in [0.15, 0.2) is 24.3 Å². The van der Waals surface area contributed by atoms with Crippen molar-refractivity contribution in [2.75, 3.05) is 23.8 Å². The predicted molar refractivity (Wildman–Crippen MR) is 98.8 cm³/mol. The lowest BCUT2D eigenvalue weighted by molar-refractivity contribution is 0.103. The van der Waals surface area contributed by atoms with E-state index >= 15 is 0 Å². The van der Waals surface area contributed by atoms with Crippen molar-refractivity contribution in [2.24, 2.45) is 0 Å². The van der Waals surface area contributed by atoms with Crippen molar-refractivity contribution < 1.29 is 4.79 Å². The van der Waals surface area contributed by atoms with E-state index in [1.807, 2.05) is 38.2 Å². The highest BCUT2D eigenvalue weighted by atomic mass is 32.1. The van der Waals surface area contributed by atoms with Crippen LogP contribution in [-0.2, 0) is 6.42 Å². The molecule has 5 heteroatoms. The van der Waals surface area contributed by atoms with Crippen LogP contribution in [0.1, 0.15) is 47.1 Å². The van der Waals surface area contributed by atoms with E-state index in [0.29, 0.717) is 4.88 Å². The Labute approximate surface area is 142 Å². The van der Waals surface area contributed by atoms with E-state index in [-0.39, 0.29) is 5.91 Å². The quantitative estimate of drug-likeness (QED) is 0.812. The summed E-state index contributed by atoms with van der Waals surface area (Å²) in [5.41, 5.74) is 2.73. The smallest absolute Gasteiger partial charge is 0.267 e. The van der Waals surface area contributed by atoms with E-state index < -0.39 is 0 Å². The molecule has 0 atom stereocenters. The van der Waals surface area contributed by atoms with Crippen LogP contribution in [-0.4, -0.2) is 24.5 Å². The van der Waals surface area contributed by atoms with Crippen LogP contribution in [0, 0.1) is 6.92 Å². The summed E-state index contributed by atoms with van der Waals surface area (Å²) in [5, 5.41) is 4.04. The first-order valence-electron chi connectivity index (χ1n) is 8.14. The van der Waals surface area contributed by atoms with Gasteiger partial charge in [0.15, 0.2) is 0 Å². The van der Waals surface area contributed by atoms with Gasteiger partial charge in [-0.3, -0.25) is 4.79 Å². The van der Waals surface area contributed by atoms with E-state index in [0.717, 1.165) is 47.9 Å². The number of aromatic nitrogens is 1. The molecule has 1 N–H and O–H groups in total. The van der Waals surface area contributed by atoms with Crippen LogP contribution >= 0.6 is 11.3 Å². The van der Waals surface area contributed by atoms with Gasteiger partial charge in [0.2, 0.25) is 0 Å². The standard InChI is InChI=1S/C18H25N3OS/c1-5-7-11-16-19-13(3)17(23-16)18(22)20-14-9-8-10-15(12-14)21(4)6-2/h8-10,12H,5-7,11H2,1-4H3,(H,20,22). The van der Waals surface area contributed by atoms with Crippen molar-refractivity contribution in [3.8, 4) is 0 Å². The third-order valence-corrected chi connectivity index (χ3v) is 5.03. The number of benzene rings is 1. The molecule has 2 rings (SSSR count). The number of aryl methyl sites for hydroxylation is 2. The van der Waals surface area contributed by atoms with Gasteiger partial charge in [0.05, 0.1) is 10.7 Å². The van der Waals surface area contributed by atoms with Crippen LogP contribution in [0.5, 0.6) is 0 Å². The first-order valence-corrected chi connectivity index (χ1v) is 8.95. The fraction of sp³-hybridized carbons (Fsp3) is 0.444. The Bertz CT molecular complexity index is 666. The number of anilines is 2. The fourth-order valence-corrected chi connectivity index (χ4v) is 3.29. The Morgan fingerprint density at radius 3 is 2.83 bits per heavy atom. The number of nitrogens with zero attached hydrogens (tertiary/aromatic N) is 2. The molecule has 1 heterocycles. The van der Waals surface area contributed by atoms with E-state index in [2.05, 4.69) is 29.0 Å². The van der Waals surface area contributed by atoms with E-state index in [1.165, 1.54) is 11.3 Å². The number of hydrogen-bond acceptors (Lipinski definition) is 4. The van der Waals surface area contributed by atoms with Crippen molar-refractivity contribution >= 4 is 28.6 Å². The minimum Gasteiger partial charge on any atom is -0.375 e. The Hall–Kier alpha value is -1.88. The van der Waals surface area contributed by atoms with Gasteiger partial charge in [0, 0.05) is 25.0 Å². The average Bonchev–Trinajstić information content (AvgIpc) is 2.93. The molecule has 124 valence electrons. The zero-order valence-corrected chi connectivity index (χ0v) is 15.2. The van der Waals surface area contributed by atoms with E-state index in [9.17, 15) is 4.79 Å². The first kappa shape index (κ1) is 17.5. The molecule has 0 bridgehead atoms. The highest BCUT2D eigenvalue weighted by molar-refractivity contribution is 7.13.